The Hall–Kier alpha value is -0.0800. The minimum absolute atomic E-state index is 0.360. The summed E-state index contributed by atoms with van der Waals surface area (Å²) in [6, 6.07) is 0. The summed E-state index contributed by atoms with van der Waals surface area (Å²) in [6.45, 7) is 4.44. The van der Waals surface area contributed by atoms with Crippen molar-refractivity contribution in [2.45, 2.75) is 57.5 Å². The first-order valence-electron chi connectivity index (χ1n) is 6.59. The zero-order chi connectivity index (χ0) is 10.7. The SMILES string of the molecule is CC1(O)CCC(CC2CCCNC2)CC1. The summed E-state index contributed by atoms with van der Waals surface area (Å²) in [4.78, 5) is 0. The molecule has 2 aliphatic rings. The van der Waals surface area contributed by atoms with Crippen molar-refractivity contribution in [3.05, 3.63) is 0 Å². The van der Waals surface area contributed by atoms with Gasteiger partial charge < -0.3 is 10.4 Å². The molecular weight excluding hydrogens is 186 g/mol. The topological polar surface area (TPSA) is 32.3 Å². The molecule has 0 bridgehead atoms. The molecule has 2 heteroatoms. The van der Waals surface area contributed by atoms with Gasteiger partial charge in [-0.25, -0.2) is 0 Å². The van der Waals surface area contributed by atoms with Crippen LogP contribution in [0, 0.1) is 11.8 Å². The van der Waals surface area contributed by atoms with Crippen LogP contribution in [0.15, 0.2) is 0 Å². The molecule has 88 valence electrons. The Labute approximate surface area is 93.5 Å². The van der Waals surface area contributed by atoms with Crippen molar-refractivity contribution in [1.82, 2.24) is 5.32 Å². The molecule has 1 unspecified atom stereocenters. The molecule has 2 fully saturated rings. The molecule has 0 radical (unpaired) electrons. The highest BCUT2D eigenvalue weighted by Gasteiger charge is 2.29. The summed E-state index contributed by atoms with van der Waals surface area (Å²) in [5.74, 6) is 1.79. The van der Waals surface area contributed by atoms with Crippen LogP contribution < -0.4 is 5.32 Å². The number of aliphatic hydroxyl groups is 1. The Morgan fingerprint density at radius 2 is 1.93 bits per heavy atom. The maximum absolute atomic E-state index is 9.89. The van der Waals surface area contributed by atoms with Crippen molar-refractivity contribution < 1.29 is 5.11 Å². The largest absolute Gasteiger partial charge is 0.390 e. The van der Waals surface area contributed by atoms with Crippen LogP contribution in [0.3, 0.4) is 0 Å². The second kappa shape index (κ2) is 4.84. The summed E-state index contributed by atoms with van der Waals surface area (Å²) in [5, 5.41) is 13.4. The molecule has 0 aromatic carbocycles. The predicted octanol–water partition coefficient (Wildman–Crippen LogP) is 2.32. The number of rotatable bonds is 2. The number of nitrogens with one attached hydrogen (secondary N) is 1. The van der Waals surface area contributed by atoms with Crippen LogP contribution in [0.25, 0.3) is 0 Å². The average molecular weight is 211 g/mol. The first kappa shape index (κ1) is 11.4. The fourth-order valence-corrected chi connectivity index (χ4v) is 3.13. The molecule has 0 spiro atoms. The van der Waals surface area contributed by atoms with Gasteiger partial charge in [0.1, 0.15) is 0 Å². The van der Waals surface area contributed by atoms with E-state index < -0.39 is 0 Å². The highest BCUT2D eigenvalue weighted by molar-refractivity contribution is 4.83. The fraction of sp³-hybridized carbons (Fsp3) is 1.00. The van der Waals surface area contributed by atoms with E-state index in [0.29, 0.717) is 0 Å². The van der Waals surface area contributed by atoms with E-state index in [4.69, 9.17) is 0 Å². The second-order valence-electron chi connectivity index (χ2n) is 5.89. The van der Waals surface area contributed by atoms with E-state index in [1.165, 1.54) is 45.2 Å². The third-order valence-electron chi connectivity index (χ3n) is 4.25. The molecule has 2 N–H and O–H groups in total. The van der Waals surface area contributed by atoms with Gasteiger partial charge in [-0.15, -0.1) is 0 Å². The lowest BCUT2D eigenvalue weighted by molar-refractivity contribution is 0.00425. The van der Waals surface area contributed by atoms with Crippen LogP contribution >= 0.6 is 0 Å². The second-order valence-corrected chi connectivity index (χ2v) is 5.89. The van der Waals surface area contributed by atoms with E-state index >= 15 is 0 Å². The number of hydrogen-bond acceptors (Lipinski definition) is 2. The fourth-order valence-electron chi connectivity index (χ4n) is 3.13. The summed E-state index contributed by atoms with van der Waals surface area (Å²) < 4.78 is 0. The van der Waals surface area contributed by atoms with Gasteiger partial charge >= 0.3 is 0 Å². The monoisotopic (exact) mass is 211 g/mol. The van der Waals surface area contributed by atoms with Crippen LogP contribution in [0.1, 0.15) is 51.9 Å². The van der Waals surface area contributed by atoms with E-state index in [2.05, 4.69) is 5.32 Å². The van der Waals surface area contributed by atoms with Crippen LogP contribution in [0.5, 0.6) is 0 Å². The van der Waals surface area contributed by atoms with Gasteiger partial charge in [-0.1, -0.05) is 0 Å². The van der Waals surface area contributed by atoms with Crippen molar-refractivity contribution in [1.29, 1.82) is 0 Å². The van der Waals surface area contributed by atoms with Gasteiger partial charge in [0.05, 0.1) is 5.60 Å². The zero-order valence-electron chi connectivity index (χ0n) is 9.97. The highest BCUT2D eigenvalue weighted by Crippen LogP contribution is 2.35. The molecule has 2 rings (SSSR count). The van der Waals surface area contributed by atoms with Gasteiger partial charge in [0.15, 0.2) is 0 Å². The standard InChI is InChI=1S/C13H25NO/c1-13(15)6-4-11(5-7-13)9-12-3-2-8-14-10-12/h11-12,14-15H,2-10H2,1H3. The van der Waals surface area contributed by atoms with Crippen molar-refractivity contribution in [3.63, 3.8) is 0 Å². The van der Waals surface area contributed by atoms with Gasteiger partial charge in [0, 0.05) is 0 Å². The Morgan fingerprint density at radius 1 is 1.20 bits per heavy atom. The van der Waals surface area contributed by atoms with E-state index in [1.54, 1.807) is 0 Å². The normalized spacial score (nSPS) is 42.8. The molecule has 1 heterocycles. The van der Waals surface area contributed by atoms with Crippen molar-refractivity contribution in [3.8, 4) is 0 Å². The van der Waals surface area contributed by atoms with Gasteiger partial charge in [-0.3, -0.25) is 0 Å². The maximum Gasteiger partial charge on any atom is 0.0620 e. The quantitative estimate of drug-likeness (QED) is 0.734. The lowest BCUT2D eigenvalue weighted by Crippen LogP contribution is -2.34. The van der Waals surface area contributed by atoms with Crippen LogP contribution in [-0.2, 0) is 0 Å². The van der Waals surface area contributed by atoms with Gasteiger partial charge in [-0.05, 0) is 76.8 Å². The summed E-state index contributed by atoms with van der Waals surface area (Å²) >= 11 is 0. The Bertz CT molecular complexity index is 187. The lowest BCUT2D eigenvalue weighted by Gasteiger charge is -2.35. The molecule has 15 heavy (non-hydrogen) atoms. The zero-order valence-corrected chi connectivity index (χ0v) is 9.97. The minimum atomic E-state index is -0.360. The van der Waals surface area contributed by atoms with Crippen LogP contribution in [0.2, 0.25) is 0 Å². The third-order valence-corrected chi connectivity index (χ3v) is 4.25. The lowest BCUT2D eigenvalue weighted by atomic mass is 9.75. The molecule has 0 aromatic rings. The smallest absolute Gasteiger partial charge is 0.0620 e. The Morgan fingerprint density at radius 3 is 2.53 bits per heavy atom. The first-order valence-corrected chi connectivity index (χ1v) is 6.59. The molecule has 1 aliphatic carbocycles. The molecule has 1 atom stereocenters. The average Bonchev–Trinajstić information content (AvgIpc) is 2.23. The van der Waals surface area contributed by atoms with Crippen molar-refractivity contribution in [2.24, 2.45) is 11.8 Å². The van der Waals surface area contributed by atoms with Crippen LogP contribution in [0.4, 0.5) is 0 Å². The minimum Gasteiger partial charge on any atom is -0.390 e. The molecular formula is C13H25NO. The molecule has 0 aromatic heterocycles. The molecule has 1 aliphatic heterocycles. The predicted molar refractivity (Wildman–Crippen MR) is 62.8 cm³/mol. The van der Waals surface area contributed by atoms with Crippen LogP contribution in [-0.4, -0.2) is 23.8 Å². The Kier molecular flexibility index (Phi) is 3.68. The van der Waals surface area contributed by atoms with Gasteiger partial charge in [0.2, 0.25) is 0 Å². The van der Waals surface area contributed by atoms with Crippen molar-refractivity contribution >= 4 is 0 Å². The van der Waals surface area contributed by atoms with E-state index in [1.807, 2.05) is 6.92 Å². The molecule has 1 saturated heterocycles. The van der Waals surface area contributed by atoms with E-state index in [9.17, 15) is 5.11 Å². The maximum atomic E-state index is 9.89. The van der Waals surface area contributed by atoms with E-state index in [0.717, 1.165) is 24.7 Å². The molecule has 0 amide bonds. The third kappa shape index (κ3) is 3.46. The van der Waals surface area contributed by atoms with E-state index in [-0.39, 0.29) is 5.60 Å². The number of hydrogen-bond donors (Lipinski definition) is 2. The molecule has 2 nitrogen and oxygen atoms in total. The first-order chi connectivity index (χ1) is 7.16. The highest BCUT2D eigenvalue weighted by atomic mass is 16.3. The number of piperidine rings is 1. The summed E-state index contributed by atoms with van der Waals surface area (Å²) in [7, 11) is 0. The molecule has 1 saturated carbocycles. The Balaban J connectivity index is 1.71. The summed E-state index contributed by atoms with van der Waals surface area (Å²) in [5.41, 5.74) is -0.360. The summed E-state index contributed by atoms with van der Waals surface area (Å²) in [6.07, 6.45) is 8.67. The van der Waals surface area contributed by atoms with Gasteiger partial charge in [-0.2, -0.15) is 0 Å². The van der Waals surface area contributed by atoms with Crippen molar-refractivity contribution in [2.75, 3.05) is 13.1 Å². The van der Waals surface area contributed by atoms with Gasteiger partial charge in [0.25, 0.3) is 0 Å².